The third-order valence-corrected chi connectivity index (χ3v) is 2.93. The van der Waals surface area contributed by atoms with Crippen LogP contribution >= 0.6 is 0 Å². The van der Waals surface area contributed by atoms with Crippen LogP contribution in [0.1, 0.15) is 26.0 Å². The van der Waals surface area contributed by atoms with Crippen molar-refractivity contribution in [1.82, 2.24) is 14.5 Å². The highest BCUT2D eigenvalue weighted by Gasteiger charge is 2.43. The highest BCUT2D eigenvalue weighted by molar-refractivity contribution is 5.10. The Balaban J connectivity index is 2.26. The van der Waals surface area contributed by atoms with E-state index in [9.17, 15) is 15.0 Å². The van der Waals surface area contributed by atoms with Gasteiger partial charge >= 0.3 is 5.69 Å². The molecule has 8 nitrogen and oxygen atoms in total. The van der Waals surface area contributed by atoms with E-state index in [2.05, 4.69) is 9.97 Å². The molecule has 4 atom stereocenters. The summed E-state index contributed by atoms with van der Waals surface area (Å²) in [7, 11) is 0. The van der Waals surface area contributed by atoms with E-state index < -0.39 is 30.2 Å². The van der Waals surface area contributed by atoms with Gasteiger partial charge in [0.15, 0.2) is 6.23 Å². The summed E-state index contributed by atoms with van der Waals surface area (Å²) in [6, 6.07) is 0. The summed E-state index contributed by atoms with van der Waals surface area (Å²) in [5.74, 6) is -0.144. The summed E-state index contributed by atoms with van der Waals surface area (Å²) < 4.78 is 6.50. The number of nitrogens with two attached hydrogens (primary N) is 1. The van der Waals surface area contributed by atoms with E-state index in [1.807, 2.05) is 6.92 Å². The van der Waals surface area contributed by atoms with Crippen LogP contribution in [0, 0.1) is 0 Å². The molecule has 4 N–H and O–H groups in total. The van der Waals surface area contributed by atoms with Crippen LogP contribution < -0.4 is 11.4 Å². The first kappa shape index (κ1) is 12.9. The molecular formula is C10H16N4O4. The highest BCUT2D eigenvalue weighted by Crippen LogP contribution is 2.30. The van der Waals surface area contributed by atoms with E-state index in [0.717, 1.165) is 17.3 Å². The lowest BCUT2D eigenvalue weighted by atomic mass is 10.1. The second-order valence-corrected chi connectivity index (χ2v) is 4.24. The van der Waals surface area contributed by atoms with E-state index in [1.165, 1.54) is 0 Å². The molecule has 1 aliphatic rings. The van der Waals surface area contributed by atoms with Crippen molar-refractivity contribution in [3.05, 3.63) is 16.8 Å². The average molecular weight is 256 g/mol. The van der Waals surface area contributed by atoms with Gasteiger partial charge in [-0.15, -0.1) is 0 Å². The van der Waals surface area contributed by atoms with Crippen molar-refractivity contribution in [2.45, 2.75) is 44.3 Å². The molecule has 0 aromatic carbocycles. The average Bonchev–Trinajstić information content (AvgIpc) is 2.58. The number of anilines is 1. The van der Waals surface area contributed by atoms with E-state index >= 15 is 0 Å². The lowest BCUT2D eigenvalue weighted by Crippen LogP contribution is -2.36. The number of nitrogen functional groups attached to an aromatic ring is 1. The van der Waals surface area contributed by atoms with Crippen LogP contribution in [0.2, 0.25) is 0 Å². The van der Waals surface area contributed by atoms with E-state index in [1.54, 1.807) is 0 Å². The number of nitrogens with zero attached hydrogens (tertiary/aromatic N) is 3. The fraction of sp³-hybridized carbons (Fsp3) is 0.700. The molecule has 1 unspecified atom stereocenters. The van der Waals surface area contributed by atoms with Gasteiger partial charge in [-0.1, -0.05) is 13.3 Å². The van der Waals surface area contributed by atoms with Crippen molar-refractivity contribution in [2.24, 2.45) is 0 Å². The molecule has 1 aromatic heterocycles. The fourth-order valence-corrected chi connectivity index (χ4v) is 2.01. The molecule has 0 spiro atoms. The Morgan fingerprint density at radius 3 is 2.83 bits per heavy atom. The van der Waals surface area contributed by atoms with Gasteiger partial charge in [-0.3, -0.25) is 4.57 Å². The molecule has 2 rings (SSSR count). The minimum Gasteiger partial charge on any atom is -0.388 e. The van der Waals surface area contributed by atoms with Gasteiger partial charge in [0.05, 0.1) is 6.10 Å². The molecule has 0 radical (unpaired) electrons. The SMILES string of the molecule is CCC[C@H]1OC(n2cnc(N)nc2=O)[C@H](O)[C@H]1O. The summed E-state index contributed by atoms with van der Waals surface area (Å²) in [6.45, 7) is 1.94. The molecule has 0 amide bonds. The maximum Gasteiger partial charge on any atom is 0.354 e. The molecule has 1 fully saturated rings. The summed E-state index contributed by atoms with van der Waals surface area (Å²) in [5.41, 5.74) is 4.60. The maximum absolute atomic E-state index is 11.6. The minimum atomic E-state index is -1.19. The van der Waals surface area contributed by atoms with Crippen molar-refractivity contribution in [2.75, 3.05) is 5.73 Å². The molecule has 0 aliphatic carbocycles. The Labute approximate surface area is 103 Å². The lowest BCUT2D eigenvalue weighted by Gasteiger charge is -2.16. The van der Waals surface area contributed by atoms with Crippen molar-refractivity contribution < 1.29 is 14.9 Å². The van der Waals surface area contributed by atoms with Crippen LogP contribution in [-0.4, -0.2) is 43.1 Å². The fourth-order valence-electron chi connectivity index (χ4n) is 2.01. The summed E-state index contributed by atoms with van der Waals surface area (Å²) in [5, 5.41) is 19.7. The standard InChI is InChI=1S/C10H16N4O4/c1-2-3-5-6(15)7(16)8(18-5)14-4-12-9(11)13-10(14)17/h4-8,15-16H,2-3H2,1H3,(H2,11,13,17)/t5-,6+,7-,8?/m1/s1. The van der Waals surface area contributed by atoms with Gasteiger partial charge in [0.2, 0.25) is 5.95 Å². The third-order valence-electron chi connectivity index (χ3n) is 2.93. The summed E-state index contributed by atoms with van der Waals surface area (Å²) in [6.07, 6.45) is -1.15. The van der Waals surface area contributed by atoms with Gasteiger partial charge in [0.25, 0.3) is 0 Å². The van der Waals surface area contributed by atoms with Crippen LogP contribution in [0.4, 0.5) is 5.95 Å². The van der Waals surface area contributed by atoms with Crippen LogP contribution in [-0.2, 0) is 4.74 Å². The zero-order valence-electron chi connectivity index (χ0n) is 9.93. The molecule has 1 aliphatic heterocycles. The van der Waals surface area contributed by atoms with Crippen LogP contribution in [0.5, 0.6) is 0 Å². The first-order valence-electron chi connectivity index (χ1n) is 5.76. The second-order valence-electron chi connectivity index (χ2n) is 4.24. The van der Waals surface area contributed by atoms with E-state index in [4.69, 9.17) is 10.5 Å². The number of aliphatic hydroxyl groups excluding tert-OH is 2. The van der Waals surface area contributed by atoms with Crippen molar-refractivity contribution in [3.63, 3.8) is 0 Å². The van der Waals surface area contributed by atoms with Gasteiger partial charge in [0.1, 0.15) is 18.5 Å². The van der Waals surface area contributed by atoms with Gasteiger partial charge in [0, 0.05) is 0 Å². The number of ether oxygens (including phenoxy) is 1. The van der Waals surface area contributed by atoms with Gasteiger partial charge in [-0.25, -0.2) is 9.78 Å². The smallest absolute Gasteiger partial charge is 0.354 e. The summed E-state index contributed by atoms with van der Waals surface area (Å²) >= 11 is 0. The molecule has 0 saturated carbocycles. The highest BCUT2D eigenvalue weighted by atomic mass is 16.6. The maximum atomic E-state index is 11.6. The first-order valence-corrected chi connectivity index (χ1v) is 5.76. The molecule has 1 aromatic rings. The number of aliphatic hydroxyl groups is 2. The number of rotatable bonds is 3. The normalized spacial score (nSPS) is 31.7. The molecule has 1 saturated heterocycles. The van der Waals surface area contributed by atoms with E-state index in [-0.39, 0.29) is 5.95 Å². The largest absolute Gasteiger partial charge is 0.388 e. The molecule has 8 heteroatoms. The summed E-state index contributed by atoms with van der Waals surface area (Å²) in [4.78, 5) is 18.7. The lowest BCUT2D eigenvalue weighted by molar-refractivity contribution is -0.0423. The van der Waals surface area contributed by atoms with Crippen LogP contribution in [0.3, 0.4) is 0 Å². The molecule has 18 heavy (non-hydrogen) atoms. The predicted octanol–water partition coefficient (Wildman–Crippen LogP) is -1.36. The predicted molar refractivity (Wildman–Crippen MR) is 61.5 cm³/mol. The third kappa shape index (κ3) is 2.22. The molecule has 100 valence electrons. The van der Waals surface area contributed by atoms with Crippen molar-refractivity contribution in [3.8, 4) is 0 Å². The Kier molecular flexibility index (Phi) is 3.60. The number of aromatic nitrogens is 3. The topological polar surface area (TPSA) is 123 Å². The van der Waals surface area contributed by atoms with E-state index in [0.29, 0.717) is 6.42 Å². The second kappa shape index (κ2) is 5.01. The van der Waals surface area contributed by atoms with Crippen molar-refractivity contribution >= 4 is 5.95 Å². The van der Waals surface area contributed by atoms with Crippen LogP contribution in [0.15, 0.2) is 11.1 Å². The van der Waals surface area contributed by atoms with Gasteiger partial charge in [-0.2, -0.15) is 4.98 Å². The monoisotopic (exact) mass is 256 g/mol. The number of hydrogen-bond donors (Lipinski definition) is 3. The van der Waals surface area contributed by atoms with Gasteiger partial charge in [-0.05, 0) is 6.42 Å². The Bertz CT molecular complexity index is 477. The Hall–Kier alpha value is -1.51. The Morgan fingerprint density at radius 2 is 2.22 bits per heavy atom. The molecule has 0 bridgehead atoms. The van der Waals surface area contributed by atoms with Crippen molar-refractivity contribution in [1.29, 1.82) is 0 Å². The minimum absolute atomic E-state index is 0.144. The Morgan fingerprint density at radius 1 is 1.50 bits per heavy atom. The quantitative estimate of drug-likeness (QED) is 0.610. The zero-order valence-corrected chi connectivity index (χ0v) is 9.93. The first-order chi connectivity index (χ1) is 8.54. The number of hydrogen-bond acceptors (Lipinski definition) is 7. The van der Waals surface area contributed by atoms with Gasteiger partial charge < -0.3 is 20.7 Å². The molecule has 2 heterocycles. The van der Waals surface area contributed by atoms with Crippen LogP contribution in [0.25, 0.3) is 0 Å². The molecular weight excluding hydrogens is 240 g/mol. The zero-order chi connectivity index (χ0) is 13.3.